The van der Waals surface area contributed by atoms with Gasteiger partial charge in [-0.3, -0.25) is 14.9 Å². The minimum Gasteiger partial charge on any atom is -0.378 e. The molecular formula is C22H13BrClN3O6S. The van der Waals surface area contributed by atoms with Crippen LogP contribution in [0.2, 0.25) is 5.02 Å². The first-order chi connectivity index (χ1) is 16.1. The van der Waals surface area contributed by atoms with E-state index in [2.05, 4.69) is 21.2 Å². The molecule has 3 rings (SSSR count). The molecule has 0 aliphatic carbocycles. The third-order valence-electron chi connectivity index (χ3n) is 4.24. The van der Waals surface area contributed by atoms with Crippen LogP contribution in [0, 0.1) is 21.4 Å². The number of amides is 1. The third-order valence-corrected chi connectivity index (χ3v) is 6.19. The van der Waals surface area contributed by atoms with Crippen LogP contribution in [-0.4, -0.2) is 19.2 Å². The lowest BCUT2D eigenvalue weighted by molar-refractivity contribution is -0.385. The fourth-order valence-electron chi connectivity index (χ4n) is 2.70. The molecule has 0 aliphatic rings. The van der Waals surface area contributed by atoms with Gasteiger partial charge in [-0.05, 0) is 48.5 Å². The van der Waals surface area contributed by atoms with Crippen molar-refractivity contribution in [2.45, 2.75) is 4.90 Å². The van der Waals surface area contributed by atoms with Gasteiger partial charge < -0.3 is 9.50 Å². The van der Waals surface area contributed by atoms with Gasteiger partial charge in [-0.2, -0.15) is 13.7 Å². The minimum atomic E-state index is -4.47. The number of hydrogen-bond acceptors (Lipinski definition) is 7. The number of rotatable bonds is 7. The first-order valence-corrected chi connectivity index (χ1v) is 11.8. The molecule has 0 spiro atoms. The maximum absolute atomic E-state index is 12.7. The third kappa shape index (κ3) is 6.20. The van der Waals surface area contributed by atoms with Gasteiger partial charge in [0, 0.05) is 32.9 Å². The van der Waals surface area contributed by atoms with Gasteiger partial charge >= 0.3 is 10.1 Å². The molecule has 0 unspecified atom stereocenters. The lowest BCUT2D eigenvalue weighted by Gasteiger charge is -2.11. The summed E-state index contributed by atoms with van der Waals surface area (Å²) in [5.74, 6) is -0.949. The van der Waals surface area contributed by atoms with E-state index in [1.807, 2.05) is 0 Å². The van der Waals surface area contributed by atoms with E-state index < -0.39 is 31.5 Å². The van der Waals surface area contributed by atoms with Crippen molar-refractivity contribution in [2.75, 3.05) is 5.32 Å². The molecule has 0 fully saturated rings. The smallest absolute Gasteiger partial charge is 0.339 e. The van der Waals surface area contributed by atoms with E-state index in [4.69, 9.17) is 15.8 Å². The van der Waals surface area contributed by atoms with Gasteiger partial charge in [-0.25, -0.2) is 0 Å². The quantitative estimate of drug-likeness (QED) is 0.135. The summed E-state index contributed by atoms with van der Waals surface area (Å²) in [5.41, 5.74) is -0.306. The van der Waals surface area contributed by atoms with Crippen molar-refractivity contribution in [3.8, 4) is 11.8 Å². The van der Waals surface area contributed by atoms with Crippen LogP contribution in [0.1, 0.15) is 5.56 Å². The Bertz CT molecular complexity index is 1470. The van der Waals surface area contributed by atoms with Crippen molar-refractivity contribution in [1.29, 1.82) is 5.26 Å². The van der Waals surface area contributed by atoms with Gasteiger partial charge in [0.25, 0.3) is 11.6 Å². The van der Waals surface area contributed by atoms with Gasteiger partial charge in [-0.1, -0.05) is 39.7 Å². The Labute approximate surface area is 207 Å². The summed E-state index contributed by atoms with van der Waals surface area (Å²) >= 11 is 9.15. The molecular weight excluding hydrogens is 550 g/mol. The van der Waals surface area contributed by atoms with Crippen LogP contribution >= 0.6 is 27.5 Å². The molecule has 3 aromatic rings. The fraction of sp³-hybridized carbons (Fsp3) is 0. The van der Waals surface area contributed by atoms with Crippen molar-refractivity contribution >= 4 is 61.0 Å². The zero-order valence-electron chi connectivity index (χ0n) is 16.9. The van der Waals surface area contributed by atoms with Gasteiger partial charge in [0.15, 0.2) is 0 Å². The van der Waals surface area contributed by atoms with Crippen LogP contribution in [-0.2, 0) is 14.9 Å². The van der Waals surface area contributed by atoms with Crippen LogP contribution < -0.4 is 9.50 Å². The summed E-state index contributed by atoms with van der Waals surface area (Å²) in [7, 11) is -4.47. The molecule has 0 bridgehead atoms. The zero-order valence-corrected chi connectivity index (χ0v) is 20.1. The Balaban J connectivity index is 1.96. The molecule has 34 heavy (non-hydrogen) atoms. The summed E-state index contributed by atoms with van der Waals surface area (Å²) in [6.45, 7) is 0. The average molecular weight is 563 g/mol. The van der Waals surface area contributed by atoms with Gasteiger partial charge in [0.2, 0.25) is 0 Å². The van der Waals surface area contributed by atoms with Crippen molar-refractivity contribution in [3.05, 3.63) is 97.5 Å². The summed E-state index contributed by atoms with van der Waals surface area (Å²) in [4.78, 5) is 22.4. The summed E-state index contributed by atoms with van der Waals surface area (Å²) in [5, 5.41) is 23.4. The minimum absolute atomic E-state index is 0.0983. The molecule has 9 nitrogen and oxygen atoms in total. The number of nitro groups is 1. The van der Waals surface area contributed by atoms with E-state index in [0.29, 0.717) is 15.2 Å². The van der Waals surface area contributed by atoms with E-state index in [1.165, 1.54) is 30.3 Å². The molecule has 0 aromatic heterocycles. The highest BCUT2D eigenvalue weighted by Gasteiger charge is 2.22. The molecule has 1 amide bonds. The molecule has 3 aromatic carbocycles. The monoisotopic (exact) mass is 561 g/mol. The number of hydrogen-bond donors (Lipinski definition) is 1. The maximum Gasteiger partial charge on any atom is 0.339 e. The number of nitro benzene ring substituents is 1. The average Bonchev–Trinajstić information content (AvgIpc) is 2.79. The topological polar surface area (TPSA) is 139 Å². The Kier molecular flexibility index (Phi) is 7.68. The number of nitrogens with one attached hydrogen (secondary N) is 1. The van der Waals surface area contributed by atoms with Crippen LogP contribution in [0.5, 0.6) is 5.75 Å². The van der Waals surface area contributed by atoms with Crippen LogP contribution in [0.15, 0.2) is 81.7 Å². The maximum atomic E-state index is 12.7. The summed E-state index contributed by atoms with van der Waals surface area (Å²) in [6, 6.07) is 16.7. The van der Waals surface area contributed by atoms with Gasteiger partial charge in [-0.15, -0.1) is 0 Å². The number of nitriles is 1. The van der Waals surface area contributed by atoms with Crippen LogP contribution in [0.4, 0.5) is 11.4 Å². The van der Waals surface area contributed by atoms with Crippen molar-refractivity contribution in [1.82, 2.24) is 0 Å². The fourth-order valence-corrected chi connectivity index (χ4v) is 4.26. The second-order valence-corrected chi connectivity index (χ2v) is 9.51. The number of carbonyl (C=O) groups is 1. The SMILES string of the molecule is N#C/C(=C\c1cc(Br)ccc1OS(=O)(=O)c1cccc([N+](=O)[O-])c1)C(=O)Nc1cccc(Cl)c1. The largest absolute Gasteiger partial charge is 0.378 e. The Morgan fingerprint density at radius 1 is 1.15 bits per heavy atom. The van der Waals surface area contributed by atoms with E-state index >= 15 is 0 Å². The second kappa shape index (κ2) is 10.5. The van der Waals surface area contributed by atoms with Crippen LogP contribution in [0.25, 0.3) is 6.08 Å². The number of anilines is 1. The number of halogens is 2. The summed E-state index contributed by atoms with van der Waals surface area (Å²) in [6.07, 6.45) is 1.16. The lowest BCUT2D eigenvalue weighted by Crippen LogP contribution is -2.14. The number of benzene rings is 3. The molecule has 0 saturated heterocycles. The van der Waals surface area contributed by atoms with E-state index in [1.54, 1.807) is 24.3 Å². The van der Waals surface area contributed by atoms with Crippen molar-refractivity contribution < 1.29 is 22.3 Å². The van der Waals surface area contributed by atoms with Gasteiger partial charge in [0.1, 0.15) is 22.3 Å². The standard InChI is InChI=1S/C22H13BrClN3O6S/c23-16-7-8-21(33-34(31,32)20-6-2-5-19(12-20)27(29)30)14(10-16)9-15(13-25)22(28)26-18-4-1-3-17(24)11-18/h1-12H,(H,26,28)/b15-9+. The normalized spacial score (nSPS) is 11.4. The first-order valence-electron chi connectivity index (χ1n) is 9.26. The van der Waals surface area contributed by atoms with Gasteiger partial charge in [0.05, 0.1) is 4.92 Å². The number of non-ortho nitro benzene ring substituents is 1. The predicted octanol–water partition coefficient (Wildman–Crippen LogP) is 5.32. The van der Waals surface area contributed by atoms with E-state index in [0.717, 1.165) is 24.3 Å². The Morgan fingerprint density at radius 2 is 1.88 bits per heavy atom. The van der Waals surface area contributed by atoms with Crippen LogP contribution in [0.3, 0.4) is 0 Å². The Hall–Kier alpha value is -3.72. The highest BCUT2D eigenvalue weighted by atomic mass is 79.9. The predicted molar refractivity (Wildman–Crippen MR) is 129 cm³/mol. The molecule has 0 atom stereocenters. The molecule has 172 valence electrons. The lowest BCUT2D eigenvalue weighted by atomic mass is 10.1. The zero-order chi connectivity index (χ0) is 24.9. The van der Waals surface area contributed by atoms with Crippen molar-refractivity contribution in [3.63, 3.8) is 0 Å². The molecule has 0 saturated carbocycles. The van der Waals surface area contributed by atoms with E-state index in [9.17, 15) is 28.6 Å². The van der Waals surface area contributed by atoms with E-state index in [-0.39, 0.29) is 16.9 Å². The molecule has 1 N–H and O–H groups in total. The number of carbonyl (C=O) groups excluding carboxylic acids is 1. The van der Waals surface area contributed by atoms with Crippen molar-refractivity contribution in [2.24, 2.45) is 0 Å². The number of nitrogens with zero attached hydrogens (tertiary/aromatic N) is 2. The highest BCUT2D eigenvalue weighted by Crippen LogP contribution is 2.29. The highest BCUT2D eigenvalue weighted by molar-refractivity contribution is 9.10. The summed E-state index contributed by atoms with van der Waals surface area (Å²) < 4.78 is 31.2. The Morgan fingerprint density at radius 3 is 2.56 bits per heavy atom. The molecule has 12 heteroatoms. The first kappa shape index (κ1) is 24.9. The molecule has 0 heterocycles. The second-order valence-electron chi connectivity index (χ2n) is 6.61. The molecule has 0 radical (unpaired) electrons. The molecule has 0 aliphatic heterocycles.